The second-order valence-electron chi connectivity index (χ2n) is 8.11. The summed E-state index contributed by atoms with van der Waals surface area (Å²) in [6, 6.07) is 4.91. The molecule has 0 N–H and O–H groups in total. The minimum absolute atomic E-state index is 0.235. The number of rotatable bonds is 6. The molecule has 1 aliphatic rings. The van der Waals surface area contributed by atoms with Crippen molar-refractivity contribution >= 4 is 21.8 Å². The Morgan fingerprint density at radius 3 is 2.31 bits per heavy atom. The van der Waals surface area contributed by atoms with Crippen LogP contribution in [0.15, 0.2) is 23.1 Å². The molecule has 1 aromatic rings. The minimum Gasteiger partial charge on any atom is -0.495 e. The molecule has 1 amide bonds. The van der Waals surface area contributed by atoms with Crippen molar-refractivity contribution in [1.29, 1.82) is 0 Å². The largest absolute Gasteiger partial charge is 0.495 e. The number of sulfonamides is 1. The quantitative estimate of drug-likeness (QED) is 0.695. The Labute approximate surface area is 174 Å². The Bertz CT molecular complexity index is 812. The summed E-state index contributed by atoms with van der Waals surface area (Å²) in [7, 11) is -0.417. The van der Waals surface area contributed by atoms with Gasteiger partial charge < -0.3 is 19.3 Å². The summed E-state index contributed by atoms with van der Waals surface area (Å²) in [4.78, 5) is 16.2. The van der Waals surface area contributed by atoms with Crippen LogP contribution in [0.1, 0.15) is 34.1 Å². The highest BCUT2D eigenvalue weighted by molar-refractivity contribution is 7.89. The van der Waals surface area contributed by atoms with Crippen LogP contribution in [-0.2, 0) is 14.8 Å². The molecule has 0 saturated carbocycles. The lowest BCUT2D eigenvalue weighted by molar-refractivity contribution is 0.0240. The van der Waals surface area contributed by atoms with Crippen LogP contribution in [0.4, 0.5) is 10.5 Å². The molecule has 0 spiro atoms. The maximum atomic E-state index is 12.8. The Hall–Kier alpha value is -2.00. The SMILES string of the molecule is CCCN(C)S(=O)(=O)c1ccc(OC)c(N2CCN(C(=O)OC(C)(C)C)CC2)c1. The van der Waals surface area contributed by atoms with Crippen LogP contribution in [0.25, 0.3) is 0 Å². The van der Waals surface area contributed by atoms with Crippen molar-refractivity contribution in [3.8, 4) is 5.75 Å². The molecular weight excluding hydrogens is 394 g/mol. The summed E-state index contributed by atoms with van der Waals surface area (Å²) >= 11 is 0. The van der Waals surface area contributed by atoms with Gasteiger partial charge in [-0.2, -0.15) is 0 Å². The number of benzene rings is 1. The smallest absolute Gasteiger partial charge is 0.410 e. The second kappa shape index (κ2) is 9.21. The van der Waals surface area contributed by atoms with Crippen LogP contribution in [-0.4, -0.2) is 76.2 Å². The Morgan fingerprint density at radius 1 is 1.17 bits per heavy atom. The van der Waals surface area contributed by atoms with E-state index in [-0.39, 0.29) is 11.0 Å². The number of carbonyl (C=O) groups is 1. The average molecular weight is 428 g/mol. The van der Waals surface area contributed by atoms with Gasteiger partial charge in [0, 0.05) is 39.8 Å². The number of hydrogen-bond donors (Lipinski definition) is 0. The van der Waals surface area contributed by atoms with Crippen LogP contribution in [0, 0.1) is 0 Å². The first-order valence-electron chi connectivity index (χ1n) is 9.87. The van der Waals surface area contributed by atoms with Gasteiger partial charge in [0.25, 0.3) is 0 Å². The van der Waals surface area contributed by atoms with E-state index in [1.54, 1.807) is 37.3 Å². The zero-order valence-corrected chi connectivity index (χ0v) is 19.1. The minimum atomic E-state index is -3.57. The molecule has 29 heavy (non-hydrogen) atoms. The molecule has 0 aliphatic carbocycles. The van der Waals surface area contributed by atoms with E-state index in [0.717, 1.165) is 6.42 Å². The van der Waals surface area contributed by atoms with Gasteiger partial charge in [-0.15, -0.1) is 0 Å². The van der Waals surface area contributed by atoms with Crippen molar-refractivity contribution in [1.82, 2.24) is 9.21 Å². The number of ether oxygens (including phenoxy) is 2. The molecule has 0 radical (unpaired) electrons. The van der Waals surface area contributed by atoms with Gasteiger partial charge in [0.15, 0.2) is 0 Å². The van der Waals surface area contributed by atoms with Crippen molar-refractivity contribution in [3.05, 3.63) is 18.2 Å². The van der Waals surface area contributed by atoms with E-state index in [4.69, 9.17) is 9.47 Å². The molecule has 8 nitrogen and oxygen atoms in total. The Balaban J connectivity index is 2.19. The van der Waals surface area contributed by atoms with E-state index < -0.39 is 15.6 Å². The topological polar surface area (TPSA) is 79.4 Å². The van der Waals surface area contributed by atoms with E-state index >= 15 is 0 Å². The molecule has 1 fully saturated rings. The normalized spacial score (nSPS) is 15.6. The Kier molecular flexibility index (Phi) is 7.40. The van der Waals surface area contributed by atoms with Gasteiger partial charge in [-0.1, -0.05) is 6.92 Å². The molecule has 2 rings (SSSR count). The highest BCUT2D eigenvalue weighted by Crippen LogP contribution is 2.32. The average Bonchev–Trinajstić information content (AvgIpc) is 2.66. The van der Waals surface area contributed by atoms with Gasteiger partial charge in [0.2, 0.25) is 10.0 Å². The van der Waals surface area contributed by atoms with Crippen molar-refractivity contribution in [2.45, 2.75) is 44.6 Å². The predicted octanol–water partition coefficient (Wildman–Crippen LogP) is 2.78. The number of piperazine rings is 1. The van der Waals surface area contributed by atoms with Crippen molar-refractivity contribution in [2.75, 3.05) is 51.8 Å². The maximum Gasteiger partial charge on any atom is 0.410 e. The first kappa shape index (κ1) is 23.3. The first-order valence-corrected chi connectivity index (χ1v) is 11.3. The van der Waals surface area contributed by atoms with Gasteiger partial charge in [-0.05, 0) is 45.4 Å². The molecule has 1 aliphatic heterocycles. The van der Waals surface area contributed by atoms with Gasteiger partial charge in [-0.25, -0.2) is 17.5 Å². The lowest BCUT2D eigenvalue weighted by Gasteiger charge is -2.37. The standard InChI is InChI=1S/C20H33N3O5S/c1-7-10-21(5)29(25,26)16-8-9-18(27-6)17(15-16)22-11-13-23(14-12-22)19(24)28-20(2,3)4/h8-9,15H,7,10-14H2,1-6H3. The van der Waals surface area contributed by atoms with E-state index in [1.165, 1.54) is 4.31 Å². The van der Waals surface area contributed by atoms with Crippen LogP contribution in [0.3, 0.4) is 0 Å². The number of carbonyl (C=O) groups excluding carboxylic acids is 1. The first-order chi connectivity index (χ1) is 13.5. The fourth-order valence-electron chi connectivity index (χ4n) is 3.15. The zero-order valence-electron chi connectivity index (χ0n) is 18.3. The molecular formula is C20H33N3O5S. The summed E-state index contributed by atoms with van der Waals surface area (Å²) in [5.74, 6) is 0.604. The number of anilines is 1. The summed E-state index contributed by atoms with van der Waals surface area (Å²) in [6.07, 6.45) is 0.410. The van der Waals surface area contributed by atoms with E-state index in [9.17, 15) is 13.2 Å². The molecule has 0 atom stereocenters. The maximum absolute atomic E-state index is 12.8. The van der Waals surface area contributed by atoms with Crippen LogP contribution in [0.5, 0.6) is 5.75 Å². The number of methoxy groups -OCH3 is 1. The van der Waals surface area contributed by atoms with E-state index in [2.05, 4.69) is 0 Å². The third-order valence-electron chi connectivity index (χ3n) is 4.67. The summed E-state index contributed by atoms with van der Waals surface area (Å²) < 4.78 is 37.9. The van der Waals surface area contributed by atoms with Crippen molar-refractivity contribution in [3.63, 3.8) is 0 Å². The lowest BCUT2D eigenvalue weighted by Crippen LogP contribution is -2.50. The molecule has 0 aromatic heterocycles. The summed E-state index contributed by atoms with van der Waals surface area (Å²) in [5.41, 5.74) is 0.173. The predicted molar refractivity (Wildman–Crippen MR) is 113 cm³/mol. The van der Waals surface area contributed by atoms with E-state index in [0.29, 0.717) is 44.2 Å². The van der Waals surface area contributed by atoms with E-state index in [1.807, 2.05) is 32.6 Å². The fraction of sp³-hybridized carbons (Fsp3) is 0.650. The van der Waals surface area contributed by atoms with Crippen molar-refractivity contribution < 1.29 is 22.7 Å². The molecule has 1 saturated heterocycles. The number of hydrogen-bond acceptors (Lipinski definition) is 6. The second-order valence-corrected chi connectivity index (χ2v) is 10.2. The third-order valence-corrected chi connectivity index (χ3v) is 6.52. The van der Waals surface area contributed by atoms with Crippen LogP contribution in [0.2, 0.25) is 0 Å². The molecule has 9 heteroatoms. The van der Waals surface area contributed by atoms with Gasteiger partial charge in [-0.3, -0.25) is 0 Å². The number of amides is 1. The van der Waals surface area contributed by atoms with Gasteiger partial charge in [0.1, 0.15) is 11.4 Å². The van der Waals surface area contributed by atoms with Crippen LogP contribution >= 0.6 is 0 Å². The fourth-order valence-corrected chi connectivity index (χ4v) is 4.43. The molecule has 0 unspecified atom stereocenters. The molecule has 164 valence electrons. The van der Waals surface area contributed by atoms with Gasteiger partial charge >= 0.3 is 6.09 Å². The van der Waals surface area contributed by atoms with Crippen molar-refractivity contribution in [2.24, 2.45) is 0 Å². The molecule has 0 bridgehead atoms. The molecule has 1 heterocycles. The summed E-state index contributed by atoms with van der Waals surface area (Å²) in [5, 5.41) is 0. The zero-order chi connectivity index (χ0) is 21.8. The summed E-state index contributed by atoms with van der Waals surface area (Å²) in [6.45, 7) is 10.0. The monoisotopic (exact) mass is 427 g/mol. The Morgan fingerprint density at radius 2 is 1.79 bits per heavy atom. The molecule has 1 aromatic carbocycles. The highest BCUT2D eigenvalue weighted by atomic mass is 32.2. The highest BCUT2D eigenvalue weighted by Gasteiger charge is 2.28. The van der Waals surface area contributed by atoms with Gasteiger partial charge in [0.05, 0.1) is 17.7 Å². The third kappa shape index (κ3) is 5.76. The number of nitrogens with zero attached hydrogens (tertiary/aromatic N) is 3. The lowest BCUT2D eigenvalue weighted by atomic mass is 10.2. The van der Waals surface area contributed by atoms with Crippen LogP contribution < -0.4 is 9.64 Å².